The molecule has 0 N–H and O–H groups in total. The normalized spacial score (nSPS) is 21.5. The molecular weight excluding hydrogens is 134 g/mol. The number of hydrogen-bond donors (Lipinski definition) is 0. The lowest BCUT2D eigenvalue weighted by atomic mass is 9.87. The highest BCUT2D eigenvalue weighted by molar-refractivity contribution is 5.43. The molecule has 1 unspecified atom stereocenters. The first kappa shape index (κ1) is 6.35. The van der Waals surface area contributed by atoms with Crippen LogP contribution in [-0.2, 0) is 0 Å². The van der Waals surface area contributed by atoms with Gasteiger partial charge in [-0.15, -0.1) is 0 Å². The molecule has 0 aliphatic heterocycles. The summed E-state index contributed by atoms with van der Waals surface area (Å²) < 4.78 is 0. The van der Waals surface area contributed by atoms with Gasteiger partial charge in [0.2, 0.25) is 0 Å². The van der Waals surface area contributed by atoms with Crippen LogP contribution in [-0.4, -0.2) is 4.98 Å². The van der Waals surface area contributed by atoms with E-state index in [1.54, 1.807) is 0 Å². The zero-order valence-corrected chi connectivity index (χ0v) is 6.20. The van der Waals surface area contributed by atoms with E-state index in [-0.39, 0.29) is 0 Å². The van der Waals surface area contributed by atoms with Gasteiger partial charge in [-0.05, 0) is 17.7 Å². The van der Waals surface area contributed by atoms with Crippen LogP contribution in [0.5, 0.6) is 0 Å². The van der Waals surface area contributed by atoms with Crippen LogP contribution in [0.2, 0.25) is 0 Å². The molecule has 1 aliphatic carbocycles. The maximum absolute atomic E-state index is 4.24. The molecule has 11 heavy (non-hydrogen) atoms. The summed E-state index contributed by atoms with van der Waals surface area (Å²) in [6.07, 6.45) is 5.96. The first-order chi connectivity index (χ1) is 5.38. The van der Waals surface area contributed by atoms with Crippen molar-refractivity contribution in [2.45, 2.75) is 5.92 Å². The summed E-state index contributed by atoms with van der Waals surface area (Å²) in [6.45, 7) is 3.89. The second-order valence-corrected chi connectivity index (χ2v) is 2.67. The van der Waals surface area contributed by atoms with Crippen molar-refractivity contribution >= 4 is 0 Å². The molecule has 0 spiro atoms. The van der Waals surface area contributed by atoms with E-state index in [9.17, 15) is 0 Å². The van der Waals surface area contributed by atoms with E-state index in [2.05, 4.69) is 17.6 Å². The Hall–Kier alpha value is -1.37. The van der Waals surface area contributed by atoms with Crippen molar-refractivity contribution in [3.63, 3.8) is 0 Å². The van der Waals surface area contributed by atoms with E-state index in [0.717, 1.165) is 11.3 Å². The fraction of sp³-hybridized carbons (Fsp3) is 0.100. The van der Waals surface area contributed by atoms with Crippen LogP contribution < -0.4 is 0 Å². The van der Waals surface area contributed by atoms with Crippen molar-refractivity contribution in [2.24, 2.45) is 0 Å². The van der Waals surface area contributed by atoms with E-state index >= 15 is 0 Å². The molecule has 0 saturated heterocycles. The van der Waals surface area contributed by atoms with Gasteiger partial charge in [-0.25, -0.2) is 0 Å². The van der Waals surface area contributed by atoms with Crippen LogP contribution in [0, 0.1) is 0 Å². The Labute approximate surface area is 66.1 Å². The van der Waals surface area contributed by atoms with Gasteiger partial charge in [-0.3, -0.25) is 4.98 Å². The molecule has 1 heterocycles. The molecule has 0 fully saturated rings. The molecule has 0 radical (unpaired) electrons. The van der Waals surface area contributed by atoms with Gasteiger partial charge in [0.15, 0.2) is 0 Å². The second kappa shape index (κ2) is 2.35. The van der Waals surface area contributed by atoms with Gasteiger partial charge < -0.3 is 0 Å². The third kappa shape index (κ3) is 0.984. The number of hydrogen-bond acceptors (Lipinski definition) is 1. The highest BCUT2D eigenvalue weighted by Gasteiger charge is 2.17. The van der Waals surface area contributed by atoms with Gasteiger partial charge in [-0.2, -0.15) is 0 Å². The molecule has 0 amide bonds. The molecule has 1 aromatic heterocycles. The molecule has 54 valence electrons. The van der Waals surface area contributed by atoms with Crippen molar-refractivity contribution in [1.29, 1.82) is 0 Å². The minimum atomic E-state index is 0.371. The molecule has 1 atom stereocenters. The lowest BCUT2D eigenvalue weighted by molar-refractivity contribution is 0.913. The minimum Gasteiger partial charge on any atom is -0.260 e. The zero-order valence-electron chi connectivity index (χ0n) is 6.20. The first-order valence-corrected chi connectivity index (χ1v) is 3.66. The quantitative estimate of drug-likeness (QED) is 0.587. The third-order valence-corrected chi connectivity index (χ3v) is 1.91. The summed E-state index contributed by atoms with van der Waals surface area (Å²) in [4.78, 5) is 4.24. The summed E-state index contributed by atoms with van der Waals surface area (Å²) in [5.41, 5.74) is 2.25. The van der Waals surface area contributed by atoms with Crippen molar-refractivity contribution in [2.75, 3.05) is 0 Å². The molecule has 1 nitrogen and oxygen atoms in total. The van der Waals surface area contributed by atoms with Crippen LogP contribution in [0.3, 0.4) is 0 Å². The Morgan fingerprint density at radius 1 is 1.36 bits per heavy atom. The van der Waals surface area contributed by atoms with Gasteiger partial charge in [0.1, 0.15) is 0 Å². The topological polar surface area (TPSA) is 12.9 Å². The second-order valence-electron chi connectivity index (χ2n) is 2.67. The van der Waals surface area contributed by atoms with E-state index < -0.39 is 0 Å². The summed E-state index contributed by atoms with van der Waals surface area (Å²) >= 11 is 0. The van der Waals surface area contributed by atoms with E-state index in [1.165, 1.54) is 0 Å². The predicted octanol–water partition coefficient (Wildman–Crippen LogP) is 2.29. The van der Waals surface area contributed by atoms with E-state index in [1.807, 2.05) is 30.5 Å². The SMILES string of the molecule is C=C1C=CC1c1ccccn1. The Kier molecular flexibility index (Phi) is 1.35. The number of allylic oxidation sites excluding steroid dienone is 3. The van der Waals surface area contributed by atoms with Crippen LogP contribution in [0.25, 0.3) is 0 Å². The summed E-state index contributed by atoms with van der Waals surface area (Å²) in [7, 11) is 0. The lowest BCUT2D eigenvalue weighted by Crippen LogP contribution is -2.05. The summed E-state index contributed by atoms with van der Waals surface area (Å²) in [5.74, 6) is 0.371. The first-order valence-electron chi connectivity index (χ1n) is 3.66. The van der Waals surface area contributed by atoms with Crippen LogP contribution in [0.1, 0.15) is 11.6 Å². The van der Waals surface area contributed by atoms with E-state index in [4.69, 9.17) is 0 Å². The van der Waals surface area contributed by atoms with Gasteiger partial charge in [0.05, 0.1) is 5.69 Å². The smallest absolute Gasteiger partial charge is 0.0516 e. The lowest BCUT2D eigenvalue weighted by Gasteiger charge is -2.19. The standard InChI is InChI=1S/C10H9N/c1-8-5-6-9(8)10-4-2-3-7-11-10/h2-7,9H,1H2. The van der Waals surface area contributed by atoms with Crippen LogP contribution in [0.4, 0.5) is 0 Å². The maximum Gasteiger partial charge on any atom is 0.0516 e. The Morgan fingerprint density at radius 3 is 2.73 bits per heavy atom. The summed E-state index contributed by atoms with van der Waals surface area (Å²) in [6, 6.07) is 5.95. The van der Waals surface area contributed by atoms with Gasteiger partial charge in [0, 0.05) is 12.1 Å². The number of rotatable bonds is 1. The zero-order chi connectivity index (χ0) is 7.68. The molecule has 0 aromatic carbocycles. The van der Waals surface area contributed by atoms with Gasteiger partial charge in [0.25, 0.3) is 0 Å². The highest BCUT2D eigenvalue weighted by Crippen LogP contribution is 2.31. The molecule has 0 bridgehead atoms. The molecule has 1 aromatic rings. The Balaban J connectivity index is 2.32. The molecular formula is C10H9N. The Morgan fingerprint density at radius 2 is 2.27 bits per heavy atom. The highest BCUT2D eigenvalue weighted by atomic mass is 14.7. The fourth-order valence-corrected chi connectivity index (χ4v) is 1.18. The van der Waals surface area contributed by atoms with Crippen molar-refractivity contribution in [1.82, 2.24) is 4.98 Å². The van der Waals surface area contributed by atoms with Crippen molar-refractivity contribution in [3.8, 4) is 0 Å². The minimum absolute atomic E-state index is 0.371. The largest absolute Gasteiger partial charge is 0.260 e. The van der Waals surface area contributed by atoms with Crippen LogP contribution in [0.15, 0.2) is 48.7 Å². The number of aromatic nitrogens is 1. The Bertz CT molecular complexity index is 298. The maximum atomic E-state index is 4.24. The van der Waals surface area contributed by atoms with Crippen LogP contribution >= 0.6 is 0 Å². The van der Waals surface area contributed by atoms with Gasteiger partial charge in [-0.1, -0.05) is 24.8 Å². The third-order valence-electron chi connectivity index (χ3n) is 1.91. The molecule has 2 rings (SSSR count). The van der Waals surface area contributed by atoms with Gasteiger partial charge >= 0.3 is 0 Å². The van der Waals surface area contributed by atoms with Crippen molar-refractivity contribution in [3.05, 3.63) is 54.4 Å². The number of pyridine rings is 1. The summed E-state index contributed by atoms with van der Waals surface area (Å²) in [5, 5.41) is 0. The average Bonchev–Trinajstić information content (AvgIpc) is 2.04. The number of nitrogens with zero attached hydrogens (tertiary/aromatic N) is 1. The average molecular weight is 143 g/mol. The molecule has 0 saturated carbocycles. The van der Waals surface area contributed by atoms with Crippen molar-refractivity contribution < 1.29 is 0 Å². The molecule has 1 heteroatoms. The predicted molar refractivity (Wildman–Crippen MR) is 45.3 cm³/mol. The van der Waals surface area contributed by atoms with E-state index in [0.29, 0.717) is 5.92 Å². The molecule has 1 aliphatic rings. The monoisotopic (exact) mass is 143 g/mol. The fourth-order valence-electron chi connectivity index (χ4n) is 1.18.